The third-order valence-corrected chi connectivity index (χ3v) is 5.43. The zero-order valence-electron chi connectivity index (χ0n) is 15.3. The number of benzene rings is 1. The number of amides is 1. The third-order valence-electron chi connectivity index (χ3n) is 5.43. The molecule has 0 spiro atoms. The Kier molecular flexibility index (Phi) is 5.02. The summed E-state index contributed by atoms with van der Waals surface area (Å²) in [4.78, 5) is 19.4. The van der Waals surface area contributed by atoms with E-state index in [2.05, 4.69) is 29.2 Å². The van der Waals surface area contributed by atoms with E-state index in [9.17, 15) is 4.79 Å². The number of aromatic nitrogens is 1. The lowest BCUT2D eigenvalue weighted by molar-refractivity contribution is 0.0200. The molecule has 2 heterocycles. The van der Waals surface area contributed by atoms with Crippen LogP contribution in [0.5, 0.6) is 0 Å². The Bertz CT molecular complexity index is 740. The van der Waals surface area contributed by atoms with Crippen LogP contribution >= 0.6 is 0 Å². The first-order valence-electron chi connectivity index (χ1n) is 9.60. The second-order valence-electron chi connectivity index (χ2n) is 7.55. The van der Waals surface area contributed by atoms with Crippen molar-refractivity contribution in [3.05, 3.63) is 65.5 Å². The van der Waals surface area contributed by atoms with Crippen LogP contribution in [0.1, 0.15) is 40.9 Å². The Morgan fingerprint density at radius 3 is 2.65 bits per heavy atom. The zero-order chi connectivity index (χ0) is 17.9. The Morgan fingerprint density at radius 2 is 1.96 bits per heavy atom. The Hall–Kier alpha value is -2.20. The van der Waals surface area contributed by atoms with Gasteiger partial charge >= 0.3 is 0 Å². The number of carbonyl (C=O) groups excluding carboxylic acids is 1. The van der Waals surface area contributed by atoms with E-state index in [1.807, 2.05) is 30.0 Å². The van der Waals surface area contributed by atoms with Crippen LogP contribution in [0.25, 0.3) is 0 Å². The summed E-state index contributed by atoms with van der Waals surface area (Å²) in [5.74, 6) is 0.800. The van der Waals surface area contributed by atoms with Crippen molar-refractivity contribution in [1.29, 1.82) is 0 Å². The molecule has 0 unspecified atom stereocenters. The van der Waals surface area contributed by atoms with Gasteiger partial charge in [-0.25, -0.2) is 0 Å². The molecular weight excluding hydrogens is 324 g/mol. The number of carbonyl (C=O) groups is 1. The number of hydrogen-bond donors (Lipinski definition) is 0. The predicted octanol–water partition coefficient (Wildman–Crippen LogP) is 3.64. The van der Waals surface area contributed by atoms with Gasteiger partial charge in [0.2, 0.25) is 0 Å². The van der Waals surface area contributed by atoms with Crippen LogP contribution < -0.4 is 0 Å². The van der Waals surface area contributed by atoms with Gasteiger partial charge < -0.3 is 9.64 Å². The normalized spacial score (nSPS) is 22.6. The molecule has 2 atom stereocenters. The van der Waals surface area contributed by atoms with Gasteiger partial charge in [0.05, 0.1) is 17.7 Å². The summed E-state index contributed by atoms with van der Waals surface area (Å²) in [5.41, 5.74) is 2.84. The van der Waals surface area contributed by atoms with Crippen LogP contribution in [0.2, 0.25) is 0 Å². The smallest absolute Gasteiger partial charge is 0.255 e. The summed E-state index contributed by atoms with van der Waals surface area (Å²) in [6.45, 7) is 3.52. The highest BCUT2D eigenvalue weighted by Gasteiger charge is 2.39. The molecule has 4 rings (SSSR count). The summed E-state index contributed by atoms with van der Waals surface area (Å²) >= 11 is 0. The lowest BCUT2D eigenvalue weighted by atomic mass is 10.0. The summed E-state index contributed by atoms with van der Waals surface area (Å²) < 4.78 is 6.24. The zero-order valence-corrected chi connectivity index (χ0v) is 15.3. The molecular formula is C22H26N2O2. The summed E-state index contributed by atoms with van der Waals surface area (Å²) in [7, 11) is 0. The van der Waals surface area contributed by atoms with E-state index in [4.69, 9.17) is 4.74 Å². The van der Waals surface area contributed by atoms with Gasteiger partial charge in [-0.05, 0) is 56.2 Å². The molecule has 1 aliphatic carbocycles. The standard InChI is InChI=1S/C22H26N2O2/c1-16-7-10-19(14-23-16)22(25)24-12-11-21(26-15-18-8-9-18)20(24)13-17-5-3-2-4-6-17/h2-7,10,14,18,20-21H,8-9,11-13,15H2,1H3/t20-,21+/m0/s1. The first-order chi connectivity index (χ1) is 12.7. The number of pyridine rings is 1. The van der Waals surface area contributed by atoms with Crippen LogP contribution in [0, 0.1) is 12.8 Å². The third kappa shape index (κ3) is 3.96. The van der Waals surface area contributed by atoms with E-state index in [-0.39, 0.29) is 18.1 Å². The molecule has 0 bridgehead atoms. The Morgan fingerprint density at radius 1 is 1.15 bits per heavy atom. The molecule has 1 amide bonds. The molecule has 1 saturated carbocycles. The van der Waals surface area contributed by atoms with Crippen molar-refractivity contribution in [2.45, 2.75) is 44.8 Å². The minimum Gasteiger partial charge on any atom is -0.376 e. The molecule has 1 saturated heterocycles. The average Bonchev–Trinajstić information content (AvgIpc) is 3.42. The number of hydrogen-bond acceptors (Lipinski definition) is 3. The molecule has 26 heavy (non-hydrogen) atoms. The SMILES string of the molecule is Cc1ccc(C(=O)N2CC[C@@H](OCC3CC3)[C@@H]2Cc2ccccc2)cn1. The largest absolute Gasteiger partial charge is 0.376 e. The van der Waals surface area contributed by atoms with Gasteiger partial charge in [-0.15, -0.1) is 0 Å². The molecule has 2 aromatic rings. The number of likely N-dealkylation sites (tertiary alicyclic amines) is 1. The monoisotopic (exact) mass is 350 g/mol. The van der Waals surface area contributed by atoms with Crippen molar-refractivity contribution in [2.24, 2.45) is 5.92 Å². The minimum atomic E-state index is 0.0657. The first kappa shape index (κ1) is 17.2. The first-order valence-corrected chi connectivity index (χ1v) is 9.60. The number of rotatable bonds is 6. The minimum absolute atomic E-state index is 0.0657. The highest BCUT2D eigenvalue weighted by molar-refractivity contribution is 5.94. The number of aryl methyl sites for hydroxylation is 1. The van der Waals surface area contributed by atoms with Crippen molar-refractivity contribution in [2.75, 3.05) is 13.2 Å². The van der Waals surface area contributed by atoms with Crippen LogP contribution in [-0.4, -0.2) is 41.1 Å². The van der Waals surface area contributed by atoms with E-state index in [1.54, 1.807) is 6.20 Å². The second kappa shape index (κ2) is 7.58. The maximum absolute atomic E-state index is 13.1. The van der Waals surface area contributed by atoms with Gasteiger partial charge in [-0.1, -0.05) is 30.3 Å². The molecule has 2 aliphatic rings. The van der Waals surface area contributed by atoms with Crippen molar-refractivity contribution in [3.63, 3.8) is 0 Å². The molecule has 1 aromatic heterocycles. The van der Waals surface area contributed by atoms with Crippen molar-refractivity contribution < 1.29 is 9.53 Å². The van der Waals surface area contributed by atoms with E-state index in [0.717, 1.165) is 37.6 Å². The Labute approximate surface area is 155 Å². The van der Waals surface area contributed by atoms with Crippen molar-refractivity contribution >= 4 is 5.91 Å². The van der Waals surface area contributed by atoms with Crippen LogP contribution in [0.15, 0.2) is 48.7 Å². The van der Waals surface area contributed by atoms with Crippen molar-refractivity contribution in [3.8, 4) is 0 Å². The molecule has 0 radical (unpaired) electrons. The topological polar surface area (TPSA) is 42.4 Å². The molecule has 1 aromatic carbocycles. The average molecular weight is 350 g/mol. The summed E-state index contributed by atoms with van der Waals surface area (Å²) in [6, 6.07) is 14.3. The van der Waals surface area contributed by atoms with Crippen LogP contribution in [0.3, 0.4) is 0 Å². The highest BCUT2D eigenvalue weighted by atomic mass is 16.5. The Balaban J connectivity index is 1.52. The van der Waals surface area contributed by atoms with E-state index >= 15 is 0 Å². The molecule has 4 nitrogen and oxygen atoms in total. The van der Waals surface area contributed by atoms with Crippen molar-refractivity contribution in [1.82, 2.24) is 9.88 Å². The quantitative estimate of drug-likeness (QED) is 0.799. The molecule has 136 valence electrons. The fraction of sp³-hybridized carbons (Fsp3) is 0.455. The molecule has 4 heteroatoms. The lowest BCUT2D eigenvalue weighted by Crippen LogP contribution is -2.42. The maximum Gasteiger partial charge on any atom is 0.255 e. The second-order valence-corrected chi connectivity index (χ2v) is 7.55. The summed E-state index contributed by atoms with van der Waals surface area (Å²) in [6.07, 6.45) is 6.13. The maximum atomic E-state index is 13.1. The number of ether oxygens (including phenoxy) is 1. The summed E-state index contributed by atoms with van der Waals surface area (Å²) in [5, 5.41) is 0. The van der Waals surface area contributed by atoms with E-state index in [0.29, 0.717) is 5.56 Å². The van der Waals surface area contributed by atoms with Gasteiger partial charge in [-0.2, -0.15) is 0 Å². The van der Waals surface area contributed by atoms with Gasteiger partial charge in [0.15, 0.2) is 0 Å². The van der Waals surface area contributed by atoms with Gasteiger partial charge in [0.25, 0.3) is 5.91 Å². The lowest BCUT2D eigenvalue weighted by Gasteiger charge is -2.28. The number of nitrogens with zero attached hydrogens (tertiary/aromatic N) is 2. The van der Waals surface area contributed by atoms with Gasteiger partial charge in [-0.3, -0.25) is 9.78 Å². The predicted molar refractivity (Wildman–Crippen MR) is 101 cm³/mol. The van der Waals surface area contributed by atoms with Gasteiger partial charge in [0.1, 0.15) is 0 Å². The molecule has 0 N–H and O–H groups in total. The fourth-order valence-electron chi connectivity index (χ4n) is 3.67. The van der Waals surface area contributed by atoms with Crippen LogP contribution in [0.4, 0.5) is 0 Å². The molecule has 1 aliphatic heterocycles. The van der Waals surface area contributed by atoms with E-state index < -0.39 is 0 Å². The van der Waals surface area contributed by atoms with Crippen LogP contribution in [-0.2, 0) is 11.2 Å². The fourth-order valence-corrected chi connectivity index (χ4v) is 3.67. The highest BCUT2D eigenvalue weighted by Crippen LogP contribution is 2.32. The van der Waals surface area contributed by atoms with Gasteiger partial charge in [0, 0.05) is 25.0 Å². The van der Waals surface area contributed by atoms with E-state index in [1.165, 1.54) is 18.4 Å². The molecule has 2 fully saturated rings.